The van der Waals surface area contributed by atoms with Crippen molar-refractivity contribution in [1.29, 1.82) is 0 Å². The van der Waals surface area contributed by atoms with Crippen molar-refractivity contribution in [2.75, 3.05) is 26.4 Å². The van der Waals surface area contributed by atoms with Crippen molar-refractivity contribution in [2.24, 2.45) is 0 Å². The van der Waals surface area contributed by atoms with Gasteiger partial charge in [-0.05, 0) is 70.6 Å². The number of allylic oxidation sites excluding steroid dienone is 17. The van der Waals surface area contributed by atoms with E-state index in [4.69, 9.17) is 23.3 Å². The molecule has 386 valence electrons. The SMILES string of the molecule is CC/C=C\C/C=C\C/C=C\C/C=C\C/C=C\CC(=O)OC(COC(=O)CCCCCCCCCCCCCCC)COP(=O)(O)OCC(CO)OC(=O)CC/C=C\C/C=C\C/C=C\C/C=C\CC. The number of carbonyl (C=O) groups is 3. The molecule has 0 aliphatic carbocycles. The molecule has 0 amide bonds. The van der Waals surface area contributed by atoms with E-state index in [9.17, 15) is 28.9 Å². The number of hydrogen-bond acceptors (Lipinski definition) is 10. The lowest BCUT2D eigenvalue weighted by Crippen LogP contribution is -2.30. The molecule has 0 aromatic rings. The first kappa shape index (κ1) is 64.1. The van der Waals surface area contributed by atoms with Gasteiger partial charge in [-0.15, -0.1) is 0 Å². The summed E-state index contributed by atoms with van der Waals surface area (Å²) in [4.78, 5) is 48.2. The van der Waals surface area contributed by atoms with Gasteiger partial charge in [0.25, 0.3) is 0 Å². The molecule has 0 bridgehead atoms. The van der Waals surface area contributed by atoms with Gasteiger partial charge < -0.3 is 24.2 Å². The summed E-state index contributed by atoms with van der Waals surface area (Å²) in [7, 11) is -4.79. The fourth-order valence-electron chi connectivity index (χ4n) is 6.39. The second-order valence-corrected chi connectivity index (χ2v) is 18.0. The Balaban J connectivity index is 4.94. The molecule has 0 aliphatic heterocycles. The van der Waals surface area contributed by atoms with Crippen LogP contribution in [0.2, 0.25) is 0 Å². The second kappa shape index (κ2) is 49.6. The second-order valence-electron chi connectivity index (χ2n) is 16.6. The first-order chi connectivity index (χ1) is 33.2. The van der Waals surface area contributed by atoms with E-state index in [1.54, 1.807) is 6.08 Å². The first-order valence-electron chi connectivity index (χ1n) is 25.8. The lowest BCUT2D eigenvalue weighted by atomic mass is 10.0. The third-order valence-electron chi connectivity index (χ3n) is 10.2. The minimum absolute atomic E-state index is 0.0444. The standard InChI is InChI=1S/C56H91O11P/c1-4-7-10-13-16-19-22-25-26-29-32-35-38-41-44-47-56(60)67-53(49-63-54(58)45-42-39-36-33-30-27-23-20-17-14-11-8-5-2)51-65-68(61,62)64-50-52(48-57)66-55(59)46-43-40-37-34-31-28-24-21-18-15-12-9-6-3/h7,9-10,12,16,18-19,21,25-26,28,31-32,35,37,40-41,44,52-53,57H,4-6,8,11,13-15,17,20,22-24,27,29-30,33-34,36,38-39,42-43,45-51H2,1-3H3,(H,61,62)/b10-7-,12-9-,19-16-,21-18-,26-25-,31-28-,35-32-,40-37-,44-41-. The highest BCUT2D eigenvalue weighted by Gasteiger charge is 2.28. The molecule has 0 saturated carbocycles. The van der Waals surface area contributed by atoms with Crippen LogP contribution in [0, 0.1) is 0 Å². The van der Waals surface area contributed by atoms with Crippen LogP contribution in [-0.4, -0.2) is 66.5 Å². The number of esters is 3. The summed E-state index contributed by atoms with van der Waals surface area (Å²) in [5.41, 5.74) is 0. The summed E-state index contributed by atoms with van der Waals surface area (Å²) in [6.45, 7) is 4.19. The van der Waals surface area contributed by atoms with Crippen LogP contribution < -0.4 is 0 Å². The van der Waals surface area contributed by atoms with Gasteiger partial charge in [0.15, 0.2) is 6.10 Å². The molecule has 3 unspecified atom stereocenters. The third kappa shape index (κ3) is 47.2. The molecule has 68 heavy (non-hydrogen) atoms. The molecule has 11 nitrogen and oxygen atoms in total. The molecule has 0 aliphatic rings. The van der Waals surface area contributed by atoms with Gasteiger partial charge in [-0.1, -0.05) is 207 Å². The van der Waals surface area contributed by atoms with Crippen molar-refractivity contribution in [3.63, 3.8) is 0 Å². The van der Waals surface area contributed by atoms with Gasteiger partial charge in [-0.2, -0.15) is 0 Å². The molecule has 0 rings (SSSR count). The Labute approximate surface area is 412 Å². The summed E-state index contributed by atoms with van der Waals surface area (Å²) < 4.78 is 39.1. The Morgan fingerprint density at radius 1 is 0.441 bits per heavy atom. The molecule has 0 radical (unpaired) electrons. The summed E-state index contributed by atoms with van der Waals surface area (Å²) >= 11 is 0. The summed E-state index contributed by atoms with van der Waals surface area (Å²) in [5, 5.41) is 9.75. The van der Waals surface area contributed by atoms with E-state index in [2.05, 4.69) is 87.6 Å². The number of phosphoric ester groups is 1. The van der Waals surface area contributed by atoms with Crippen LogP contribution in [0.4, 0.5) is 0 Å². The molecule has 2 N–H and O–H groups in total. The Morgan fingerprint density at radius 2 is 0.824 bits per heavy atom. The molecule has 0 heterocycles. The van der Waals surface area contributed by atoms with Gasteiger partial charge in [0, 0.05) is 12.8 Å². The fourth-order valence-corrected chi connectivity index (χ4v) is 7.17. The van der Waals surface area contributed by atoms with E-state index in [0.717, 1.165) is 70.6 Å². The average Bonchev–Trinajstić information content (AvgIpc) is 3.32. The molecular formula is C56H91O11P. The topological polar surface area (TPSA) is 155 Å². The molecule has 0 fully saturated rings. The molecule has 12 heteroatoms. The molecule has 0 saturated heterocycles. The highest BCUT2D eigenvalue weighted by atomic mass is 31.2. The zero-order chi connectivity index (χ0) is 49.9. The first-order valence-corrected chi connectivity index (χ1v) is 27.3. The van der Waals surface area contributed by atoms with E-state index in [0.29, 0.717) is 19.3 Å². The highest BCUT2D eigenvalue weighted by Crippen LogP contribution is 2.43. The van der Waals surface area contributed by atoms with Crippen molar-refractivity contribution >= 4 is 25.7 Å². The van der Waals surface area contributed by atoms with Crippen molar-refractivity contribution < 1.29 is 52.2 Å². The Kier molecular flexibility index (Phi) is 46.7. The predicted octanol–water partition coefficient (Wildman–Crippen LogP) is 14.7. The maximum Gasteiger partial charge on any atom is 0.472 e. The average molecular weight is 971 g/mol. The normalized spacial score (nSPS) is 14.4. The van der Waals surface area contributed by atoms with E-state index >= 15 is 0 Å². The number of phosphoric acid groups is 1. The minimum atomic E-state index is -4.79. The lowest BCUT2D eigenvalue weighted by molar-refractivity contribution is -0.160. The minimum Gasteiger partial charge on any atom is -0.462 e. The molecule has 3 atom stereocenters. The van der Waals surface area contributed by atoms with Gasteiger partial charge in [0.05, 0.1) is 26.2 Å². The van der Waals surface area contributed by atoms with Gasteiger partial charge in [0.1, 0.15) is 12.7 Å². The van der Waals surface area contributed by atoms with Gasteiger partial charge in [0.2, 0.25) is 0 Å². The van der Waals surface area contributed by atoms with Crippen LogP contribution in [0.5, 0.6) is 0 Å². The van der Waals surface area contributed by atoms with Gasteiger partial charge >= 0.3 is 25.7 Å². The van der Waals surface area contributed by atoms with Crippen molar-refractivity contribution in [3.8, 4) is 0 Å². The largest absolute Gasteiger partial charge is 0.472 e. The van der Waals surface area contributed by atoms with E-state index in [1.165, 1.54) is 57.8 Å². The van der Waals surface area contributed by atoms with Crippen LogP contribution in [0.3, 0.4) is 0 Å². The van der Waals surface area contributed by atoms with Crippen LogP contribution in [-0.2, 0) is 42.2 Å². The summed E-state index contributed by atoms with van der Waals surface area (Å²) in [5.74, 6) is -1.72. The molecule has 0 spiro atoms. The van der Waals surface area contributed by atoms with Crippen molar-refractivity contribution in [2.45, 2.75) is 200 Å². The van der Waals surface area contributed by atoms with Crippen molar-refractivity contribution in [3.05, 3.63) is 109 Å². The van der Waals surface area contributed by atoms with Gasteiger partial charge in [-0.3, -0.25) is 23.4 Å². The maximum atomic E-state index is 12.8. The number of aliphatic hydroxyl groups excluding tert-OH is 1. The van der Waals surface area contributed by atoms with Crippen LogP contribution in [0.25, 0.3) is 0 Å². The monoisotopic (exact) mass is 971 g/mol. The number of ether oxygens (including phenoxy) is 3. The number of hydrogen-bond donors (Lipinski definition) is 2. The number of aliphatic hydroxyl groups is 1. The summed E-state index contributed by atoms with van der Waals surface area (Å²) in [6.07, 6.45) is 58.2. The van der Waals surface area contributed by atoms with E-state index in [1.807, 2.05) is 36.5 Å². The maximum absolute atomic E-state index is 12.8. The fraction of sp³-hybridized carbons (Fsp3) is 0.625. The number of unbranched alkanes of at least 4 members (excludes halogenated alkanes) is 12. The van der Waals surface area contributed by atoms with Crippen LogP contribution in [0.1, 0.15) is 188 Å². The van der Waals surface area contributed by atoms with Gasteiger partial charge in [-0.25, -0.2) is 4.57 Å². The van der Waals surface area contributed by atoms with Crippen molar-refractivity contribution in [1.82, 2.24) is 0 Å². The highest BCUT2D eigenvalue weighted by molar-refractivity contribution is 7.47. The number of rotatable bonds is 46. The quantitative estimate of drug-likeness (QED) is 0.0197. The zero-order valence-corrected chi connectivity index (χ0v) is 43.2. The molecule has 0 aromatic heterocycles. The molecular weight excluding hydrogens is 880 g/mol. The lowest BCUT2D eigenvalue weighted by Gasteiger charge is -2.21. The molecule has 0 aromatic carbocycles. The Hall–Kier alpha value is -3.86. The van der Waals surface area contributed by atoms with E-state index < -0.39 is 57.8 Å². The Morgan fingerprint density at radius 3 is 1.26 bits per heavy atom. The third-order valence-corrected chi connectivity index (χ3v) is 11.2. The number of carbonyl (C=O) groups excluding carboxylic acids is 3. The smallest absolute Gasteiger partial charge is 0.462 e. The predicted molar refractivity (Wildman–Crippen MR) is 279 cm³/mol. The Bertz CT molecular complexity index is 1550. The summed E-state index contributed by atoms with van der Waals surface area (Å²) in [6, 6.07) is 0. The zero-order valence-electron chi connectivity index (χ0n) is 42.3. The van der Waals surface area contributed by atoms with Crippen LogP contribution >= 0.6 is 7.82 Å². The van der Waals surface area contributed by atoms with Crippen LogP contribution in [0.15, 0.2) is 109 Å². The van der Waals surface area contributed by atoms with E-state index in [-0.39, 0.29) is 25.9 Å².